The summed E-state index contributed by atoms with van der Waals surface area (Å²) >= 11 is 1.78. The van der Waals surface area contributed by atoms with Crippen molar-refractivity contribution in [2.45, 2.75) is 26.8 Å². The SMILES string of the molecule is CCNC(=NCC(=O)NCc1ccco1)NCC(C)Cc1cccs1.I. The maximum atomic E-state index is 11.9. The topological polar surface area (TPSA) is 78.7 Å². The molecular weight excluding hydrogens is 463 g/mol. The Morgan fingerprint density at radius 3 is 2.77 bits per heavy atom. The van der Waals surface area contributed by atoms with Crippen LogP contribution >= 0.6 is 35.3 Å². The molecule has 0 saturated carbocycles. The van der Waals surface area contributed by atoms with E-state index in [2.05, 4.69) is 45.4 Å². The lowest BCUT2D eigenvalue weighted by Crippen LogP contribution is -2.40. The van der Waals surface area contributed by atoms with Gasteiger partial charge in [0.25, 0.3) is 0 Å². The summed E-state index contributed by atoms with van der Waals surface area (Å²) in [5.41, 5.74) is 0. The predicted molar refractivity (Wildman–Crippen MR) is 117 cm³/mol. The molecule has 2 rings (SSSR count). The monoisotopic (exact) mass is 490 g/mol. The zero-order chi connectivity index (χ0) is 17.9. The highest BCUT2D eigenvalue weighted by Crippen LogP contribution is 2.13. The molecule has 2 aromatic rings. The third-order valence-corrected chi connectivity index (χ3v) is 4.41. The van der Waals surface area contributed by atoms with Crippen LogP contribution < -0.4 is 16.0 Å². The van der Waals surface area contributed by atoms with E-state index in [1.807, 2.05) is 13.0 Å². The average Bonchev–Trinajstić information content (AvgIpc) is 3.29. The second kappa shape index (κ2) is 12.7. The van der Waals surface area contributed by atoms with Gasteiger partial charge in [-0.25, -0.2) is 4.99 Å². The molecule has 0 radical (unpaired) electrons. The standard InChI is InChI=1S/C18H26N4O2S.HI/c1-3-19-18(21-11-14(2)10-16-7-5-9-25-16)22-13-17(23)20-12-15-6-4-8-24-15;/h4-9,14H,3,10-13H2,1-2H3,(H,20,23)(H2,19,21,22);1H. The van der Waals surface area contributed by atoms with Crippen LogP contribution in [0.2, 0.25) is 0 Å². The lowest BCUT2D eigenvalue weighted by atomic mass is 10.1. The maximum absolute atomic E-state index is 11.9. The highest BCUT2D eigenvalue weighted by molar-refractivity contribution is 14.0. The van der Waals surface area contributed by atoms with Gasteiger partial charge in [0.2, 0.25) is 5.91 Å². The normalized spacial score (nSPS) is 12.2. The molecule has 6 nitrogen and oxygen atoms in total. The summed E-state index contributed by atoms with van der Waals surface area (Å²) in [5.74, 6) is 1.73. The lowest BCUT2D eigenvalue weighted by Gasteiger charge is -2.15. The summed E-state index contributed by atoms with van der Waals surface area (Å²) in [6, 6.07) is 7.85. The number of amides is 1. The van der Waals surface area contributed by atoms with E-state index in [0.717, 1.165) is 25.3 Å². The third-order valence-electron chi connectivity index (χ3n) is 3.51. The van der Waals surface area contributed by atoms with E-state index < -0.39 is 0 Å². The number of thiophene rings is 1. The Balaban J connectivity index is 0.00000338. The average molecular weight is 490 g/mol. The summed E-state index contributed by atoms with van der Waals surface area (Å²) in [6.07, 6.45) is 2.62. The van der Waals surface area contributed by atoms with Crippen molar-refractivity contribution in [1.82, 2.24) is 16.0 Å². The Labute approximate surface area is 175 Å². The third kappa shape index (κ3) is 8.70. The van der Waals surface area contributed by atoms with Gasteiger partial charge in [-0.15, -0.1) is 35.3 Å². The van der Waals surface area contributed by atoms with Crippen molar-refractivity contribution in [3.8, 4) is 0 Å². The predicted octanol–water partition coefficient (Wildman–Crippen LogP) is 3.01. The first-order valence-electron chi connectivity index (χ1n) is 8.51. The number of nitrogens with one attached hydrogen (secondary N) is 3. The van der Waals surface area contributed by atoms with E-state index in [1.54, 1.807) is 23.7 Å². The first-order chi connectivity index (χ1) is 12.2. The number of aliphatic imine (C=N–C) groups is 1. The van der Waals surface area contributed by atoms with E-state index in [-0.39, 0.29) is 36.4 Å². The Bertz CT molecular complexity index is 644. The van der Waals surface area contributed by atoms with Crippen LogP contribution in [0, 0.1) is 5.92 Å². The van der Waals surface area contributed by atoms with E-state index in [9.17, 15) is 4.79 Å². The smallest absolute Gasteiger partial charge is 0.242 e. The van der Waals surface area contributed by atoms with Crippen LogP contribution in [0.25, 0.3) is 0 Å². The van der Waals surface area contributed by atoms with Crippen LogP contribution in [-0.2, 0) is 17.8 Å². The number of carbonyl (C=O) groups is 1. The molecule has 1 unspecified atom stereocenters. The number of hydrogen-bond acceptors (Lipinski definition) is 4. The van der Waals surface area contributed by atoms with Crippen LogP contribution in [0.3, 0.4) is 0 Å². The first-order valence-corrected chi connectivity index (χ1v) is 9.39. The number of nitrogens with zero attached hydrogens (tertiary/aromatic N) is 1. The molecule has 2 aromatic heterocycles. The van der Waals surface area contributed by atoms with Gasteiger partial charge in [-0.05, 0) is 42.8 Å². The van der Waals surface area contributed by atoms with Crippen molar-refractivity contribution in [1.29, 1.82) is 0 Å². The van der Waals surface area contributed by atoms with Crippen LogP contribution in [0.5, 0.6) is 0 Å². The highest BCUT2D eigenvalue weighted by atomic mass is 127. The molecule has 26 heavy (non-hydrogen) atoms. The number of halogens is 1. The van der Waals surface area contributed by atoms with Crippen molar-refractivity contribution in [2.75, 3.05) is 19.6 Å². The van der Waals surface area contributed by atoms with E-state index in [0.29, 0.717) is 18.4 Å². The van der Waals surface area contributed by atoms with Crippen LogP contribution in [0.1, 0.15) is 24.5 Å². The zero-order valence-electron chi connectivity index (χ0n) is 15.2. The van der Waals surface area contributed by atoms with Crippen LogP contribution in [0.15, 0.2) is 45.3 Å². The number of guanidine groups is 1. The molecule has 2 heterocycles. The molecule has 0 aliphatic heterocycles. The van der Waals surface area contributed by atoms with Gasteiger partial charge in [0.1, 0.15) is 12.3 Å². The highest BCUT2D eigenvalue weighted by Gasteiger charge is 2.07. The van der Waals surface area contributed by atoms with Crippen molar-refractivity contribution >= 4 is 47.2 Å². The lowest BCUT2D eigenvalue weighted by molar-refractivity contribution is -0.119. The second-order valence-corrected chi connectivity index (χ2v) is 6.85. The van der Waals surface area contributed by atoms with Gasteiger partial charge in [-0.1, -0.05) is 13.0 Å². The molecule has 0 aliphatic rings. The number of hydrogen-bond donors (Lipinski definition) is 3. The maximum Gasteiger partial charge on any atom is 0.242 e. The Morgan fingerprint density at radius 2 is 2.12 bits per heavy atom. The number of carbonyl (C=O) groups excluding carboxylic acids is 1. The van der Waals surface area contributed by atoms with E-state index in [1.165, 1.54) is 4.88 Å². The molecule has 0 aliphatic carbocycles. The molecule has 3 N–H and O–H groups in total. The Kier molecular flexibility index (Phi) is 11.0. The van der Waals surface area contributed by atoms with Gasteiger partial charge in [-0.2, -0.15) is 0 Å². The molecular formula is C18H27IN4O2S. The minimum atomic E-state index is -0.139. The number of furan rings is 1. The number of rotatable bonds is 9. The summed E-state index contributed by atoms with van der Waals surface area (Å²) in [4.78, 5) is 17.6. The molecule has 0 aromatic carbocycles. The van der Waals surface area contributed by atoms with Crippen molar-refractivity contribution in [3.05, 3.63) is 46.5 Å². The van der Waals surface area contributed by atoms with Crippen molar-refractivity contribution < 1.29 is 9.21 Å². The molecule has 1 atom stereocenters. The minimum absolute atomic E-state index is 0. The Hall–Kier alpha value is -1.55. The second-order valence-electron chi connectivity index (χ2n) is 5.82. The molecule has 8 heteroatoms. The first kappa shape index (κ1) is 22.5. The fourth-order valence-corrected chi connectivity index (χ4v) is 3.13. The van der Waals surface area contributed by atoms with Gasteiger partial charge in [-0.3, -0.25) is 4.79 Å². The van der Waals surface area contributed by atoms with Gasteiger partial charge in [0.15, 0.2) is 5.96 Å². The van der Waals surface area contributed by atoms with Gasteiger partial charge in [0, 0.05) is 18.0 Å². The molecule has 0 fully saturated rings. The molecule has 0 saturated heterocycles. The van der Waals surface area contributed by atoms with Gasteiger partial charge in [0.05, 0.1) is 12.8 Å². The largest absolute Gasteiger partial charge is 0.467 e. The van der Waals surface area contributed by atoms with Crippen molar-refractivity contribution in [3.63, 3.8) is 0 Å². The molecule has 144 valence electrons. The summed E-state index contributed by atoms with van der Waals surface area (Å²) < 4.78 is 5.18. The summed E-state index contributed by atoms with van der Waals surface area (Å²) in [7, 11) is 0. The molecule has 1 amide bonds. The summed E-state index contributed by atoms with van der Waals surface area (Å²) in [5, 5.41) is 11.4. The van der Waals surface area contributed by atoms with E-state index >= 15 is 0 Å². The minimum Gasteiger partial charge on any atom is -0.467 e. The van der Waals surface area contributed by atoms with Gasteiger partial charge >= 0.3 is 0 Å². The quantitative estimate of drug-likeness (QED) is 0.287. The van der Waals surface area contributed by atoms with Crippen molar-refractivity contribution in [2.24, 2.45) is 10.9 Å². The fraction of sp³-hybridized carbons (Fsp3) is 0.444. The van der Waals surface area contributed by atoms with Crippen LogP contribution in [0.4, 0.5) is 0 Å². The Morgan fingerprint density at radius 1 is 1.27 bits per heavy atom. The van der Waals surface area contributed by atoms with Gasteiger partial charge < -0.3 is 20.4 Å². The van der Waals surface area contributed by atoms with E-state index in [4.69, 9.17) is 4.42 Å². The van der Waals surface area contributed by atoms with Crippen LogP contribution in [-0.4, -0.2) is 31.5 Å². The summed E-state index contributed by atoms with van der Waals surface area (Å²) in [6.45, 7) is 6.21. The molecule has 0 bridgehead atoms. The molecule has 0 spiro atoms. The fourth-order valence-electron chi connectivity index (χ4n) is 2.26. The zero-order valence-corrected chi connectivity index (χ0v) is 18.3.